The minimum Gasteiger partial charge on any atom is -0.354 e. The number of aromatic nitrogens is 3. The van der Waals surface area contributed by atoms with Crippen molar-refractivity contribution in [3.8, 4) is 0 Å². The van der Waals surface area contributed by atoms with Gasteiger partial charge in [0.05, 0.1) is 22.5 Å². The number of nitrogens with one attached hydrogen (secondary N) is 2. The number of hydrogen-bond donors (Lipinski definition) is 2. The van der Waals surface area contributed by atoms with Crippen molar-refractivity contribution in [1.82, 2.24) is 20.5 Å². The van der Waals surface area contributed by atoms with Gasteiger partial charge in [-0.2, -0.15) is 23.4 Å². The molecule has 2 aromatic heterocycles. The maximum atomic E-state index is 12.7. The summed E-state index contributed by atoms with van der Waals surface area (Å²) in [5, 5.41) is 14.7. The molecular formula is C20H19F3N6O. The SMILES string of the molecule is Cc1cc2c(NC(=O)NC3CCN(c4ccc(C(F)(F)F)cn4)C3)cccc2nn1. The van der Waals surface area contributed by atoms with Crippen LogP contribution in [0, 0.1) is 6.92 Å². The summed E-state index contributed by atoms with van der Waals surface area (Å²) in [5.74, 6) is 0.454. The lowest BCUT2D eigenvalue weighted by molar-refractivity contribution is -0.137. The number of urea groups is 1. The molecule has 4 rings (SSSR count). The maximum absolute atomic E-state index is 12.7. The molecule has 1 fully saturated rings. The quantitative estimate of drug-likeness (QED) is 0.680. The van der Waals surface area contributed by atoms with Gasteiger partial charge in [-0.25, -0.2) is 9.78 Å². The number of carbonyl (C=O) groups excluding carboxylic acids is 1. The number of fused-ring (bicyclic) bond motifs is 1. The van der Waals surface area contributed by atoms with Crippen LogP contribution in [0.4, 0.5) is 29.5 Å². The molecule has 1 aliphatic rings. The summed E-state index contributed by atoms with van der Waals surface area (Å²) in [4.78, 5) is 18.2. The molecule has 30 heavy (non-hydrogen) atoms. The highest BCUT2D eigenvalue weighted by molar-refractivity contribution is 6.00. The summed E-state index contributed by atoms with van der Waals surface area (Å²) in [7, 11) is 0. The number of pyridine rings is 1. The van der Waals surface area contributed by atoms with Crippen LogP contribution in [0.15, 0.2) is 42.6 Å². The number of hydrogen-bond acceptors (Lipinski definition) is 5. The predicted molar refractivity (Wildman–Crippen MR) is 106 cm³/mol. The second-order valence-electron chi connectivity index (χ2n) is 7.16. The molecule has 1 aliphatic heterocycles. The Kier molecular flexibility index (Phi) is 5.15. The van der Waals surface area contributed by atoms with Crippen LogP contribution in [0.1, 0.15) is 17.7 Å². The van der Waals surface area contributed by atoms with E-state index >= 15 is 0 Å². The van der Waals surface area contributed by atoms with Crippen LogP contribution in [0.3, 0.4) is 0 Å². The van der Waals surface area contributed by atoms with Gasteiger partial charge in [-0.1, -0.05) is 6.07 Å². The van der Waals surface area contributed by atoms with Gasteiger partial charge >= 0.3 is 12.2 Å². The second-order valence-corrected chi connectivity index (χ2v) is 7.16. The molecular weight excluding hydrogens is 397 g/mol. The number of alkyl halides is 3. The standard InChI is InChI=1S/C20H19F3N6O/c1-12-9-15-16(3-2-4-17(15)28-27-12)26-19(30)25-14-7-8-29(11-14)18-6-5-13(10-24-18)20(21,22)23/h2-6,9-10,14H,7-8,11H2,1H3,(H2,25,26,30). The first-order valence-electron chi connectivity index (χ1n) is 9.38. The van der Waals surface area contributed by atoms with Crippen LogP contribution >= 0.6 is 0 Å². The Hall–Kier alpha value is -3.43. The lowest BCUT2D eigenvalue weighted by atomic mass is 10.2. The molecule has 1 atom stereocenters. The fraction of sp³-hybridized carbons (Fsp3) is 0.300. The molecule has 2 N–H and O–H groups in total. The maximum Gasteiger partial charge on any atom is 0.417 e. The van der Waals surface area contributed by atoms with Crippen LogP contribution in [-0.2, 0) is 6.18 Å². The van der Waals surface area contributed by atoms with E-state index in [1.54, 1.807) is 12.1 Å². The highest BCUT2D eigenvalue weighted by Gasteiger charge is 2.31. The van der Waals surface area contributed by atoms with Crippen molar-refractivity contribution in [1.29, 1.82) is 0 Å². The fourth-order valence-electron chi connectivity index (χ4n) is 3.44. The zero-order valence-corrected chi connectivity index (χ0v) is 16.1. The molecule has 156 valence electrons. The second kappa shape index (κ2) is 7.77. The van der Waals surface area contributed by atoms with E-state index in [9.17, 15) is 18.0 Å². The third-order valence-corrected chi connectivity index (χ3v) is 4.92. The molecule has 3 heterocycles. The van der Waals surface area contributed by atoms with Crippen LogP contribution in [0.5, 0.6) is 0 Å². The number of rotatable bonds is 3. The van der Waals surface area contributed by atoms with Gasteiger partial charge < -0.3 is 15.5 Å². The van der Waals surface area contributed by atoms with Crippen LogP contribution in [0.25, 0.3) is 10.9 Å². The number of anilines is 2. The van der Waals surface area contributed by atoms with Crippen molar-refractivity contribution >= 4 is 28.4 Å². The van der Waals surface area contributed by atoms with Crippen LogP contribution < -0.4 is 15.5 Å². The van der Waals surface area contributed by atoms with Gasteiger partial charge in [0, 0.05) is 30.7 Å². The molecule has 0 bridgehead atoms. The molecule has 3 aromatic rings. The Labute approximate surface area is 170 Å². The van der Waals surface area contributed by atoms with Gasteiger partial charge in [0.15, 0.2) is 0 Å². The van der Waals surface area contributed by atoms with E-state index < -0.39 is 11.7 Å². The minimum absolute atomic E-state index is 0.148. The molecule has 2 amide bonds. The molecule has 0 aliphatic carbocycles. The molecule has 1 unspecified atom stereocenters. The Bertz CT molecular complexity index is 1070. The average molecular weight is 416 g/mol. The average Bonchev–Trinajstić information content (AvgIpc) is 3.16. The lowest BCUT2D eigenvalue weighted by Gasteiger charge is -2.19. The molecule has 1 saturated heterocycles. The Morgan fingerprint density at radius 1 is 1.20 bits per heavy atom. The third-order valence-electron chi connectivity index (χ3n) is 4.92. The highest BCUT2D eigenvalue weighted by atomic mass is 19.4. The van der Waals surface area contributed by atoms with E-state index in [1.165, 1.54) is 6.07 Å². The normalized spacial score (nSPS) is 16.7. The summed E-state index contributed by atoms with van der Waals surface area (Å²) in [6.07, 6.45) is -2.92. The van der Waals surface area contributed by atoms with Gasteiger partial charge in [-0.15, -0.1) is 0 Å². The van der Waals surface area contributed by atoms with Gasteiger partial charge in [0.1, 0.15) is 5.82 Å². The number of amides is 2. The van der Waals surface area contributed by atoms with E-state index in [-0.39, 0.29) is 12.1 Å². The Balaban J connectivity index is 1.38. The molecule has 10 heteroatoms. The van der Waals surface area contributed by atoms with E-state index in [1.807, 2.05) is 24.0 Å². The summed E-state index contributed by atoms with van der Waals surface area (Å²) in [6.45, 7) is 2.88. The topological polar surface area (TPSA) is 83.0 Å². The lowest BCUT2D eigenvalue weighted by Crippen LogP contribution is -2.39. The number of carbonyl (C=O) groups is 1. The first kappa shape index (κ1) is 19.9. The van der Waals surface area contributed by atoms with Gasteiger partial charge in [-0.3, -0.25) is 0 Å². The van der Waals surface area contributed by atoms with Crippen molar-refractivity contribution < 1.29 is 18.0 Å². The number of benzene rings is 1. The fourth-order valence-corrected chi connectivity index (χ4v) is 3.44. The van der Waals surface area contributed by atoms with Gasteiger partial charge in [0.2, 0.25) is 0 Å². The first-order valence-corrected chi connectivity index (χ1v) is 9.38. The van der Waals surface area contributed by atoms with Crippen LogP contribution in [-0.4, -0.2) is 40.3 Å². The summed E-state index contributed by atoms with van der Waals surface area (Å²) in [6, 6.07) is 9.11. The molecule has 0 radical (unpaired) electrons. The van der Waals surface area contributed by atoms with Crippen molar-refractivity contribution in [2.75, 3.05) is 23.3 Å². The largest absolute Gasteiger partial charge is 0.417 e. The summed E-state index contributed by atoms with van der Waals surface area (Å²) >= 11 is 0. The minimum atomic E-state index is -4.41. The van der Waals surface area contributed by atoms with E-state index in [0.717, 1.165) is 23.3 Å². The highest BCUT2D eigenvalue weighted by Crippen LogP contribution is 2.30. The molecule has 0 saturated carbocycles. The van der Waals surface area contributed by atoms with Crippen LogP contribution in [0.2, 0.25) is 0 Å². The third kappa shape index (κ3) is 4.27. The zero-order valence-electron chi connectivity index (χ0n) is 16.1. The van der Waals surface area contributed by atoms with Crippen molar-refractivity contribution in [2.45, 2.75) is 25.6 Å². The molecule has 1 aromatic carbocycles. The van der Waals surface area contributed by atoms with E-state index in [0.29, 0.717) is 36.5 Å². The smallest absolute Gasteiger partial charge is 0.354 e. The predicted octanol–water partition coefficient (Wildman–Crippen LogP) is 3.75. The monoisotopic (exact) mass is 416 g/mol. The molecule has 0 spiro atoms. The molecule has 7 nitrogen and oxygen atoms in total. The van der Waals surface area contributed by atoms with E-state index in [4.69, 9.17) is 0 Å². The number of aryl methyl sites for hydroxylation is 1. The van der Waals surface area contributed by atoms with Gasteiger partial charge in [-0.05, 0) is 43.7 Å². The summed E-state index contributed by atoms with van der Waals surface area (Å²) in [5.41, 5.74) is 1.27. The van der Waals surface area contributed by atoms with Crippen molar-refractivity contribution in [3.63, 3.8) is 0 Å². The van der Waals surface area contributed by atoms with E-state index in [2.05, 4.69) is 25.8 Å². The number of halogens is 3. The Morgan fingerprint density at radius 3 is 2.77 bits per heavy atom. The number of nitrogens with zero attached hydrogens (tertiary/aromatic N) is 4. The van der Waals surface area contributed by atoms with Gasteiger partial charge in [0.25, 0.3) is 0 Å². The Morgan fingerprint density at radius 2 is 2.03 bits per heavy atom. The van der Waals surface area contributed by atoms with Crippen molar-refractivity contribution in [3.05, 3.63) is 53.9 Å². The summed E-state index contributed by atoms with van der Waals surface area (Å²) < 4.78 is 38.1. The first-order chi connectivity index (χ1) is 14.3. The zero-order chi connectivity index (χ0) is 21.3. The van der Waals surface area contributed by atoms with Crippen molar-refractivity contribution in [2.24, 2.45) is 0 Å².